The summed E-state index contributed by atoms with van der Waals surface area (Å²) in [5.41, 5.74) is 2.07. The first kappa shape index (κ1) is 7.72. The molecule has 1 aromatic rings. The number of benzene rings is 1. The van der Waals surface area contributed by atoms with E-state index < -0.39 is 0 Å². The molecule has 0 fully saturated rings. The Balaban J connectivity index is 2.37. The van der Waals surface area contributed by atoms with Crippen LogP contribution in [-0.2, 0) is 6.42 Å². The van der Waals surface area contributed by atoms with E-state index in [1.54, 1.807) is 0 Å². The molecule has 12 heavy (non-hydrogen) atoms. The lowest BCUT2D eigenvalue weighted by Crippen LogP contribution is -2.20. The summed E-state index contributed by atoms with van der Waals surface area (Å²) in [5.74, 6) is 1.00. The van der Waals surface area contributed by atoms with Gasteiger partial charge in [-0.1, -0.05) is 17.6 Å². The fraction of sp³-hybridized carbons (Fsp3) is 0.400. The van der Waals surface area contributed by atoms with E-state index in [1.165, 1.54) is 5.56 Å². The second-order valence-electron chi connectivity index (χ2n) is 3.33. The van der Waals surface area contributed by atoms with Gasteiger partial charge in [-0.3, -0.25) is 0 Å². The molecule has 1 atom stereocenters. The van der Waals surface area contributed by atoms with E-state index in [-0.39, 0.29) is 0 Å². The third-order valence-electron chi connectivity index (χ3n) is 2.23. The Bertz CT molecular complexity index is 296. The van der Waals surface area contributed by atoms with Crippen LogP contribution in [0.15, 0.2) is 18.2 Å². The quantitative estimate of drug-likeness (QED) is 0.515. The van der Waals surface area contributed by atoms with Crippen molar-refractivity contribution in [3.05, 3.63) is 23.8 Å². The van der Waals surface area contributed by atoms with Crippen LogP contribution in [0.25, 0.3) is 0 Å². The summed E-state index contributed by atoms with van der Waals surface area (Å²) >= 11 is 0. The Labute approximate surface area is 74.2 Å². The van der Waals surface area contributed by atoms with E-state index in [0.717, 1.165) is 24.1 Å². The van der Waals surface area contributed by atoms with Gasteiger partial charge in [0.2, 0.25) is 0 Å². The summed E-state index contributed by atoms with van der Waals surface area (Å²) in [4.78, 5) is 0. The van der Waals surface area contributed by atoms with E-state index in [9.17, 15) is 0 Å². The Hall–Kier alpha value is -0.915. The largest absolute Gasteiger partial charge is 0.490 e. The molecule has 2 rings (SSSR count). The number of hydrogen-bond acceptors (Lipinski definition) is 1. The zero-order chi connectivity index (χ0) is 8.55. The molecule has 0 aliphatic carbocycles. The van der Waals surface area contributed by atoms with Gasteiger partial charge in [-0.05, 0) is 31.4 Å². The van der Waals surface area contributed by atoms with Gasteiger partial charge < -0.3 is 4.74 Å². The van der Waals surface area contributed by atoms with Crippen molar-refractivity contribution in [1.29, 1.82) is 0 Å². The molecule has 0 N–H and O–H groups in total. The Morgan fingerprint density at radius 3 is 3.17 bits per heavy atom. The van der Waals surface area contributed by atoms with Crippen LogP contribution >= 0.6 is 0 Å². The molecule has 2 heteroatoms. The summed E-state index contributed by atoms with van der Waals surface area (Å²) in [7, 11) is 5.66. The molecule has 1 nitrogen and oxygen atoms in total. The monoisotopic (exact) mass is 158 g/mol. The van der Waals surface area contributed by atoms with Crippen LogP contribution in [-0.4, -0.2) is 14.0 Å². The highest BCUT2D eigenvalue weighted by Crippen LogP contribution is 2.25. The maximum atomic E-state index is 5.66. The van der Waals surface area contributed by atoms with Crippen molar-refractivity contribution in [3.63, 3.8) is 0 Å². The third-order valence-corrected chi connectivity index (χ3v) is 2.23. The first-order valence-corrected chi connectivity index (χ1v) is 4.31. The fourth-order valence-electron chi connectivity index (χ4n) is 1.54. The van der Waals surface area contributed by atoms with Gasteiger partial charge >= 0.3 is 0 Å². The third kappa shape index (κ3) is 1.34. The van der Waals surface area contributed by atoms with Crippen LogP contribution < -0.4 is 10.2 Å². The van der Waals surface area contributed by atoms with Gasteiger partial charge in [0.15, 0.2) is 0 Å². The average molecular weight is 158 g/mol. The number of ether oxygens (including phenoxy) is 1. The molecular weight excluding hydrogens is 147 g/mol. The maximum absolute atomic E-state index is 5.66. The fourth-order valence-corrected chi connectivity index (χ4v) is 1.54. The van der Waals surface area contributed by atoms with Gasteiger partial charge in [-0.2, -0.15) is 0 Å². The molecule has 0 spiro atoms. The van der Waals surface area contributed by atoms with Crippen LogP contribution in [0.4, 0.5) is 0 Å². The normalized spacial score (nSPS) is 21.2. The first-order valence-electron chi connectivity index (χ1n) is 4.31. The summed E-state index contributed by atoms with van der Waals surface area (Å²) < 4.78 is 5.63. The average Bonchev–Trinajstić information content (AvgIpc) is 2.05. The van der Waals surface area contributed by atoms with Gasteiger partial charge in [0.1, 0.15) is 13.6 Å². The second-order valence-corrected chi connectivity index (χ2v) is 3.33. The van der Waals surface area contributed by atoms with Gasteiger partial charge in [-0.25, -0.2) is 0 Å². The van der Waals surface area contributed by atoms with Crippen molar-refractivity contribution >= 4 is 13.3 Å². The topological polar surface area (TPSA) is 9.23 Å². The Morgan fingerprint density at radius 2 is 2.33 bits per heavy atom. The Morgan fingerprint density at radius 1 is 1.50 bits per heavy atom. The molecular formula is C10H11BO. The number of aryl methyl sites for hydroxylation is 1. The van der Waals surface area contributed by atoms with E-state index in [2.05, 4.69) is 6.92 Å². The highest BCUT2D eigenvalue weighted by Gasteiger charge is 2.14. The van der Waals surface area contributed by atoms with E-state index in [4.69, 9.17) is 12.6 Å². The molecule has 1 heterocycles. The second kappa shape index (κ2) is 2.85. The molecule has 1 unspecified atom stereocenters. The maximum Gasteiger partial charge on any atom is 0.122 e. The summed E-state index contributed by atoms with van der Waals surface area (Å²) in [5, 5.41) is 0. The summed E-state index contributed by atoms with van der Waals surface area (Å²) in [6, 6.07) is 5.85. The Kier molecular flexibility index (Phi) is 1.83. The molecule has 1 aromatic carbocycles. The van der Waals surface area contributed by atoms with E-state index in [1.807, 2.05) is 18.2 Å². The van der Waals surface area contributed by atoms with Crippen LogP contribution in [0.2, 0.25) is 0 Å². The van der Waals surface area contributed by atoms with Gasteiger partial charge in [0.05, 0.1) is 6.10 Å². The standard InChI is InChI=1S/C10H11BO/c1-7-2-3-8-6-9(11)4-5-10(8)12-7/h4-7H,2-3H2,1H3. The minimum Gasteiger partial charge on any atom is -0.490 e. The van der Waals surface area contributed by atoms with Crippen molar-refractivity contribution in [2.75, 3.05) is 0 Å². The molecule has 0 aromatic heterocycles. The zero-order valence-corrected chi connectivity index (χ0v) is 7.21. The number of fused-ring (bicyclic) bond motifs is 1. The van der Waals surface area contributed by atoms with Crippen molar-refractivity contribution in [1.82, 2.24) is 0 Å². The van der Waals surface area contributed by atoms with Crippen LogP contribution in [0.5, 0.6) is 5.75 Å². The van der Waals surface area contributed by atoms with Crippen molar-refractivity contribution < 1.29 is 4.74 Å². The van der Waals surface area contributed by atoms with Crippen molar-refractivity contribution in [2.45, 2.75) is 25.9 Å². The van der Waals surface area contributed by atoms with Crippen LogP contribution in [0.1, 0.15) is 18.9 Å². The molecule has 0 saturated carbocycles. The van der Waals surface area contributed by atoms with Crippen LogP contribution in [0, 0.1) is 0 Å². The molecule has 1 aliphatic heterocycles. The number of hydrogen-bond donors (Lipinski definition) is 0. The van der Waals surface area contributed by atoms with Gasteiger partial charge in [0.25, 0.3) is 0 Å². The molecule has 1 aliphatic rings. The minimum atomic E-state index is 0.348. The predicted molar refractivity (Wildman–Crippen MR) is 50.2 cm³/mol. The number of rotatable bonds is 0. The zero-order valence-electron chi connectivity index (χ0n) is 7.21. The SMILES string of the molecule is [B]c1ccc2c(c1)CCC(C)O2. The van der Waals surface area contributed by atoms with Crippen molar-refractivity contribution in [2.24, 2.45) is 0 Å². The lowest BCUT2D eigenvalue weighted by Gasteiger charge is -2.23. The predicted octanol–water partition coefficient (Wildman–Crippen LogP) is 1.19. The molecule has 0 bridgehead atoms. The van der Waals surface area contributed by atoms with Gasteiger partial charge in [-0.15, -0.1) is 0 Å². The summed E-state index contributed by atoms with van der Waals surface area (Å²) in [6.45, 7) is 2.10. The van der Waals surface area contributed by atoms with Crippen molar-refractivity contribution in [3.8, 4) is 5.75 Å². The first-order chi connectivity index (χ1) is 5.75. The minimum absolute atomic E-state index is 0.348. The highest BCUT2D eigenvalue weighted by molar-refractivity contribution is 6.32. The molecule has 0 amide bonds. The lowest BCUT2D eigenvalue weighted by atomic mass is 9.91. The lowest BCUT2D eigenvalue weighted by molar-refractivity contribution is 0.192. The molecule has 60 valence electrons. The van der Waals surface area contributed by atoms with Crippen LogP contribution in [0.3, 0.4) is 0 Å². The summed E-state index contributed by atoms with van der Waals surface area (Å²) in [6.07, 6.45) is 2.53. The highest BCUT2D eigenvalue weighted by atomic mass is 16.5. The molecule has 2 radical (unpaired) electrons. The van der Waals surface area contributed by atoms with E-state index >= 15 is 0 Å². The smallest absolute Gasteiger partial charge is 0.122 e. The van der Waals surface area contributed by atoms with Gasteiger partial charge in [0, 0.05) is 0 Å². The molecule has 0 saturated heterocycles. The van der Waals surface area contributed by atoms with E-state index in [0.29, 0.717) is 6.10 Å².